The van der Waals surface area contributed by atoms with Crippen LogP contribution in [0.2, 0.25) is 0 Å². The van der Waals surface area contributed by atoms with Gasteiger partial charge >= 0.3 is 23.7 Å². The van der Waals surface area contributed by atoms with Crippen LogP contribution >= 0.6 is 31.9 Å². The number of likely N-dealkylation sites (tertiary alicyclic amines) is 1. The minimum atomic E-state index is -1.91. The van der Waals surface area contributed by atoms with Crippen LogP contribution in [0.1, 0.15) is 40.2 Å². The quantitative estimate of drug-likeness (QED) is 0.0790. The zero-order valence-electron chi connectivity index (χ0n) is 30.2. The molecule has 1 N–H and O–H groups in total. The van der Waals surface area contributed by atoms with E-state index in [9.17, 15) is 28.8 Å². The van der Waals surface area contributed by atoms with Gasteiger partial charge in [0.05, 0.1) is 18.4 Å². The highest BCUT2D eigenvalue weighted by Gasteiger charge is 2.79. The number of para-hydroxylation sites is 1. The van der Waals surface area contributed by atoms with Crippen LogP contribution in [0.5, 0.6) is 5.75 Å². The SMILES string of the molecule is Cc1cc(=O)oc2cc(NC(=O)OC(C)C34OC(COC(=O)C(C)(C)Br)(C=C3Oc3ccccc3)C3C(=O)N(CCOC(=O)C(C)(C)Br)C(=O)C34)ccc12. The van der Waals surface area contributed by atoms with Gasteiger partial charge in [-0.2, -0.15) is 0 Å². The van der Waals surface area contributed by atoms with Crippen LogP contribution in [0.25, 0.3) is 11.0 Å². The first-order valence-corrected chi connectivity index (χ1v) is 18.6. The number of esters is 2. The van der Waals surface area contributed by atoms with E-state index in [-0.39, 0.29) is 30.2 Å². The predicted molar refractivity (Wildman–Crippen MR) is 200 cm³/mol. The maximum absolute atomic E-state index is 14.4. The molecule has 2 aromatic carbocycles. The lowest BCUT2D eigenvalue weighted by Crippen LogP contribution is -2.53. The number of amides is 3. The third kappa shape index (κ3) is 7.18. The number of rotatable bonds is 12. The minimum Gasteiger partial charge on any atom is -0.463 e. The number of benzene rings is 2. The van der Waals surface area contributed by atoms with Crippen molar-refractivity contribution in [1.82, 2.24) is 4.90 Å². The molecule has 3 aliphatic rings. The lowest BCUT2D eigenvalue weighted by molar-refractivity contribution is -0.171. The Hall–Kier alpha value is -4.54. The second-order valence-corrected chi connectivity index (χ2v) is 18.3. The normalized spacial score (nSPS) is 23.9. The monoisotopic (exact) mass is 872 g/mol. The van der Waals surface area contributed by atoms with Crippen LogP contribution < -0.4 is 15.7 Å². The van der Waals surface area contributed by atoms with E-state index in [4.69, 9.17) is 28.1 Å². The molecule has 2 saturated heterocycles. The number of imide groups is 1. The number of nitrogens with zero attached hydrogens (tertiary/aromatic N) is 1. The Labute approximate surface area is 326 Å². The molecule has 0 spiro atoms. The molecule has 2 fully saturated rings. The molecule has 1 aromatic heterocycles. The molecule has 14 nitrogen and oxygen atoms in total. The van der Waals surface area contributed by atoms with E-state index in [1.54, 1.807) is 77.1 Å². The van der Waals surface area contributed by atoms with Crippen molar-refractivity contribution in [3.05, 3.63) is 82.4 Å². The molecule has 0 aliphatic carbocycles. The van der Waals surface area contributed by atoms with Gasteiger partial charge < -0.3 is 28.1 Å². The van der Waals surface area contributed by atoms with E-state index in [1.165, 1.54) is 25.1 Å². The smallest absolute Gasteiger partial charge is 0.412 e. The van der Waals surface area contributed by atoms with Crippen molar-refractivity contribution < 1.29 is 52.1 Å². The van der Waals surface area contributed by atoms with E-state index in [1.807, 2.05) is 0 Å². The number of carbonyl (C=O) groups excluding carboxylic acids is 5. The summed E-state index contributed by atoms with van der Waals surface area (Å²) in [5.41, 5.74) is -3.01. The van der Waals surface area contributed by atoms with Gasteiger partial charge in [0.1, 0.15) is 50.7 Å². The minimum absolute atomic E-state index is 0.0582. The molecule has 2 bridgehead atoms. The van der Waals surface area contributed by atoms with E-state index >= 15 is 0 Å². The summed E-state index contributed by atoms with van der Waals surface area (Å²) in [6.45, 7) is 8.56. The van der Waals surface area contributed by atoms with E-state index in [0.717, 1.165) is 4.90 Å². The van der Waals surface area contributed by atoms with E-state index in [2.05, 4.69) is 37.2 Å². The van der Waals surface area contributed by atoms with Crippen LogP contribution in [0, 0.1) is 18.8 Å². The Balaban J connectivity index is 1.36. The van der Waals surface area contributed by atoms with Gasteiger partial charge in [0, 0.05) is 23.2 Å². The van der Waals surface area contributed by atoms with Gasteiger partial charge in [-0.1, -0.05) is 50.1 Å². The molecule has 5 unspecified atom stereocenters. The van der Waals surface area contributed by atoms with Crippen molar-refractivity contribution in [3.8, 4) is 5.75 Å². The van der Waals surface area contributed by atoms with Gasteiger partial charge in [0.2, 0.25) is 11.8 Å². The van der Waals surface area contributed by atoms with Crippen LogP contribution in [-0.4, -0.2) is 80.5 Å². The van der Waals surface area contributed by atoms with Crippen LogP contribution in [-0.2, 0) is 38.1 Å². The zero-order valence-corrected chi connectivity index (χ0v) is 33.4. The molecule has 4 heterocycles. The number of halogens is 2. The molecule has 16 heteroatoms. The lowest BCUT2D eigenvalue weighted by atomic mass is 9.69. The standard InChI is InChI=1S/C38H38Br2N2O12/c1-20-16-27(43)53-25-17-22(12-13-24(20)25)41-34(48)51-21(2)38-26(52-23-10-8-7-9-11-23)18-37(54-38,19-50-33(47)36(5,6)40)28-29(38)31(45)42(30(28)44)14-15-49-32(46)35(3,4)39/h7-13,16-18,21,28-29H,14-15,19H2,1-6H3,(H,41,48). The molecule has 3 aromatic rings. The molecule has 3 amide bonds. The van der Waals surface area contributed by atoms with E-state index < -0.39 is 79.9 Å². The highest BCUT2D eigenvalue weighted by atomic mass is 79.9. The van der Waals surface area contributed by atoms with Gasteiger partial charge in [0.15, 0.2) is 5.60 Å². The number of ether oxygens (including phenoxy) is 5. The number of hydrogen-bond acceptors (Lipinski definition) is 12. The number of carbonyl (C=O) groups is 5. The molecule has 6 rings (SSSR count). The molecule has 5 atom stereocenters. The van der Waals surface area contributed by atoms with Gasteiger partial charge in [-0.05, 0) is 77.4 Å². The summed E-state index contributed by atoms with van der Waals surface area (Å²) < 4.78 is 33.3. The summed E-state index contributed by atoms with van der Waals surface area (Å²) >= 11 is 6.53. The maximum atomic E-state index is 14.4. The van der Waals surface area contributed by atoms with Gasteiger partial charge in [0.25, 0.3) is 0 Å². The summed E-state index contributed by atoms with van der Waals surface area (Å²) in [6, 6.07) is 14.7. The number of hydrogen-bond donors (Lipinski definition) is 1. The van der Waals surface area contributed by atoms with Crippen molar-refractivity contribution in [2.24, 2.45) is 11.8 Å². The largest absolute Gasteiger partial charge is 0.463 e. The highest BCUT2D eigenvalue weighted by Crippen LogP contribution is 2.62. The molecule has 0 radical (unpaired) electrons. The molecule has 3 aliphatic heterocycles. The lowest BCUT2D eigenvalue weighted by Gasteiger charge is -2.37. The summed E-state index contributed by atoms with van der Waals surface area (Å²) in [5.74, 6) is -4.77. The fourth-order valence-electron chi connectivity index (χ4n) is 6.94. The predicted octanol–water partition coefficient (Wildman–Crippen LogP) is 5.56. The van der Waals surface area contributed by atoms with Gasteiger partial charge in [-0.15, -0.1) is 0 Å². The van der Waals surface area contributed by atoms with Crippen LogP contribution in [0.15, 0.2) is 75.6 Å². The Morgan fingerprint density at radius 2 is 1.57 bits per heavy atom. The van der Waals surface area contributed by atoms with Crippen molar-refractivity contribution in [1.29, 1.82) is 0 Å². The topological polar surface area (TPSA) is 177 Å². The summed E-state index contributed by atoms with van der Waals surface area (Å²) in [4.78, 5) is 80.7. The zero-order chi connectivity index (χ0) is 39.4. The van der Waals surface area contributed by atoms with Gasteiger partial charge in [-0.3, -0.25) is 29.4 Å². The maximum Gasteiger partial charge on any atom is 0.412 e. The average molecular weight is 875 g/mol. The first kappa shape index (κ1) is 39.2. The summed E-state index contributed by atoms with van der Waals surface area (Å²) in [7, 11) is 0. The Kier molecular flexibility index (Phi) is 10.3. The third-order valence-corrected chi connectivity index (χ3v) is 10.2. The number of aryl methyl sites for hydroxylation is 1. The highest BCUT2D eigenvalue weighted by molar-refractivity contribution is 9.10. The fraction of sp³-hybridized carbons (Fsp3) is 0.421. The van der Waals surface area contributed by atoms with Crippen molar-refractivity contribution in [2.45, 2.75) is 67.5 Å². The third-order valence-electron chi connectivity index (χ3n) is 9.51. The van der Waals surface area contributed by atoms with E-state index in [0.29, 0.717) is 16.7 Å². The van der Waals surface area contributed by atoms with Crippen LogP contribution in [0.4, 0.5) is 10.5 Å². The molecule has 286 valence electrons. The van der Waals surface area contributed by atoms with Crippen molar-refractivity contribution >= 4 is 78.4 Å². The molecule has 0 saturated carbocycles. The van der Waals surface area contributed by atoms with Gasteiger partial charge in [-0.25, -0.2) is 9.59 Å². The fourth-order valence-corrected chi connectivity index (χ4v) is 7.17. The number of fused-ring (bicyclic) bond motifs is 6. The van der Waals surface area contributed by atoms with Crippen molar-refractivity contribution in [3.63, 3.8) is 0 Å². The second-order valence-electron chi connectivity index (χ2n) is 14.3. The summed E-state index contributed by atoms with van der Waals surface area (Å²) in [5, 5.41) is 3.30. The Morgan fingerprint density at radius 1 is 0.926 bits per heavy atom. The van der Waals surface area contributed by atoms with Crippen LogP contribution in [0.3, 0.4) is 0 Å². The average Bonchev–Trinajstić information content (AvgIpc) is 3.67. The number of nitrogens with one attached hydrogen (secondary N) is 1. The molecular weight excluding hydrogens is 836 g/mol. The number of anilines is 1. The first-order valence-electron chi connectivity index (χ1n) is 17.0. The Morgan fingerprint density at radius 3 is 2.24 bits per heavy atom. The molecular formula is C38H38Br2N2O12. The first-order chi connectivity index (χ1) is 25.3. The number of alkyl halides is 2. The Bertz CT molecular complexity index is 2120. The van der Waals surface area contributed by atoms with Crippen molar-refractivity contribution in [2.75, 3.05) is 25.1 Å². The second kappa shape index (κ2) is 14.3. The summed E-state index contributed by atoms with van der Waals surface area (Å²) in [6.07, 6.45) is -0.763. The molecule has 54 heavy (non-hydrogen) atoms.